The molecule has 1 heterocycles. The minimum atomic E-state index is -1.33. The molecule has 25 heavy (non-hydrogen) atoms. The van der Waals surface area contributed by atoms with Crippen LogP contribution in [0.1, 0.15) is 17.5 Å². The van der Waals surface area contributed by atoms with Crippen molar-refractivity contribution in [2.45, 2.75) is 25.3 Å². The number of nitrogens with two attached hydrogens (primary N) is 1. The van der Waals surface area contributed by atoms with Gasteiger partial charge in [0, 0.05) is 17.5 Å². The number of aldehydes is 1. The van der Waals surface area contributed by atoms with Crippen molar-refractivity contribution < 1.29 is 24.0 Å². The Morgan fingerprint density at radius 2 is 2.12 bits per heavy atom. The van der Waals surface area contributed by atoms with E-state index < -0.39 is 23.8 Å². The van der Waals surface area contributed by atoms with Crippen LogP contribution in [0.4, 0.5) is 5.88 Å². The summed E-state index contributed by atoms with van der Waals surface area (Å²) in [7, 11) is 0. The molecule has 1 aromatic heterocycles. The molecule has 0 aliphatic heterocycles. The van der Waals surface area contributed by atoms with E-state index in [1.807, 2.05) is 24.3 Å². The molecule has 1 aliphatic rings. The Balaban J connectivity index is 1.90. The number of aliphatic carboxylic acids is 1. The third-order valence-electron chi connectivity index (χ3n) is 4.30. The number of aryl methyl sites for hydroxylation is 1. The fraction of sp³-hybridized carbons (Fsp3) is 0.294. The first-order valence-electron chi connectivity index (χ1n) is 7.81. The summed E-state index contributed by atoms with van der Waals surface area (Å²) in [5.41, 5.74) is 8.59. The van der Waals surface area contributed by atoms with Gasteiger partial charge in [-0.1, -0.05) is 29.4 Å². The summed E-state index contributed by atoms with van der Waals surface area (Å²) in [5, 5.41) is 16.2. The summed E-state index contributed by atoms with van der Waals surface area (Å²) in [5.74, 6) is -2.93. The van der Waals surface area contributed by atoms with E-state index in [2.05, 4.69) is 10.5 Å². The number of carbonyl (C=O) groups excluding carboxylic acids is 2. The average Bonchev–Trinajstić information content (AvgIpc) is 3.00. The zero-order valence-electron chi connectivity index (χ0n) is 13.3. The van der Waals surface area contributed by atoms with E-state index in [1.54, 1.807) is 0 Å². The number of primary amides is 1. The van der Waals surface area contributed by atoms with Gasteiger partial charge in [0.15, 0.2) is 0 Å². The number of amides is 1. The number of fused-ring (bicyclic) bond motifs is 3. The highest BCUT2D eigenvalue weighted by molar-refractivity contribution is 5.86. The minimum Gasteiger partial charge on any atom is -0.480 e. The van der Waals surface area contributed by atoms with Gasteiger partial charge in [0.2, 0.25) is 11.8 Å². The Labute approximate surface area is 143 Å². The van der Waals surface area contributed by atoms with E-state index >= 15 is 0 Å². The Kier molecular flexibility index (Phi) is 4.51. The largest absolute Gasteiger partial charge is 0.480 e. The molecular formula is C17H17N3O5. The number of aromatic nitrogens is 1. The maximum atomic E-state index is 11.5. The van der Waals surface area contributed by atoms with Gasteiger partial charge in [-0.25, -0.2) is 4.79 Å². The van der Waals surface area contributed by atoms with Gasteiger partial charge in [-0.05, 0) is 18.4 Å². The number of nitrogens with one attached hydrogen (secondary N) is 1. The van der Waals surface area contributed by atoms with Gasteiger partial charge in [0.05, 0.1) is 5.92 Å². The van der Waals surface area contributed by atoms with Crippen LogP contribution < -0.4 is 11.1 Å². The Bertz CT molecular complexity index is 829. The minimum absolute atomic E-state index is 0.202. The van der Waals surface area contributed by atoms with E-state index in [9.17, 15) is 19.5 Å². The van der Waals surface area contributed by atoms with Crippen LogP contribution in [0.25, 0.3) is 11.3 Å². The standard InChI is InChI=1S/C17H17N3O5/c18-13(22)7-10(8-21)14(17(23)24)19-16-12-6-5-9-3-1-2-4-11(9)15(12)20-25-16/h1-4,8,10,14,19H,5-7H2,(H2,18,22)(H,23,24)/t10?,14-/m0/s1. The van der Waals surface area contributed by atoms with Gasteiger partial charge in [0.25, 0.3) is 0 Å². The lowest BCUT2D eigenvalue weighted by molar-refractivity contribution is -0.140. The summed E-state index contributed by atoms with van der Waals surface area (Å²) in [4.78, 5) is 33.8. The maximum Gasteiger partial charge on any atom is 0.326 e. The molecule has 1 aromatic carbocycles. The summed E-state index contributed by atoms with van der Waals surface area (Å²) in [6.07, 6.45) is 1.45. The number of carbonyl (C=O) groups is 3. The quantitative estimate of drug-likeness (QED) is 0.638. The Morgan fingerprint density at radius 3 is 2.80 bits per heavy atom. The molecule has 2 aromatic rings. The van der Waals surface area contributed by atoms with E-state index in [-0.39, 0.29) is 12.3 Å². The smallest absolute Gasteiger partial charge is 0.326 e. The number of hydrogen-bond acceptors (Lipinski definition) is 6. The molecule has 0 saturated carbocycles. The van der Waals surface area contributed by atoms with Gasteiger partial charge in [0.1, 0.15) is 18.0 Å². The van der Waals surface area contributed by atoms with Crippen LogP contribution in [-0.4, -0.2) is 34.5 Å². The number of nitrogens with zero attached hydrogens (tertiary/aromatic N) is 1. The van der Waals surface area contributed by atoms with Crippen molar-refractivity contribution in [1.82, 2.24) is 5.16 Å². The predicted molar refractivity (Wildman–Crippen MR) is 87.8 cm³/mol. The first-order valence-corrected chi connectivity index (χ1v) is 7.81. The third-order valence-corrected chi connectivity index (χ3v) is 4.30. The molecule has 1 unspecified atom stereocenters. The molecule has 3 rings (SSSR count). The first kappa shape index (κ1) is 16.7. The van der Waals surface area contributed by atoms with Gasteiger partial charge in [-0.2, -0.15) is 0 Å². The molecule has 2 atom stereocenters. The molecule has 4 N–H and O–H groups in total. The Hall–Kier alpha value is -3.16. The van der Waals surface area contributed by atoms with Crippen LogP contribution in [0.3, 0.4) is 0 Å². The van der Waals surface area contributed by atoms with Crippen molar-refractivity contribution in [2.24, 2.45) is 11.7 Å². The van der Waals surface area contributed by atoms with Gasteiger partial charge in [-0.3, -0.25) is 4.79 Å². The topological polar surface area (TPSA) is 136 Å². The first-order chi connectivity index (χ1) is 12.0. The lowest BCUT2D eigenvalue weighted by Gasteiger charge is -2.20. The lowest BCUT2D eigenvalue weighted by Crippen LogP contribution is -2.40. The van der Waals surface area contributed by atoms with Crippen molar-refractivity contribution in [3.05, 3.63) is 35.4 Å². The number of carboxylic acids is 1. The van der Waals surface area contributed by atoms with Crippen LogP contribution in [0.15, 0.2) is 28.8 Å². The summed E-state index contributed by atoms with van der Waals surface area (Å²) < 4.78 is 5.30. The molecule has 0 fully saturated rings. The van der Waals surface area contributed by atoms with Crippen LogP contribution >= 0.6 is 0 Å². The fourth-order valence-electron chi connectivity index (χ4n) is 3.07. The van der Waals surface area contributed by atoms with Crippen molar-refractivity contribution in [2.75, 3.05) is 5.32 Å². The van der Waals surface area contributed by atoms with E-state index in [4.69, 9.17) is 10.3 Å². The molecule has 8 nitrogen and oxygen atoms in total. The molecule has 1 aliphatic carbocycles. The molecular weight excluding hydrogens is 326 g/mol. The second kappa shape index (κ2) is 6.76. The van der Waals surface area contributed by atoms with E-state index in [0.29, 0.717) is 18.4 Å². The van der Waals surface area contributed by atoms with Crippen LogP contribution in [0.2, 0.25) is 0 Å². The number of benzene rings is 1. The van der Waals surface area contributed by atoms with Crippen molar-refractivity contribution >= 4 is 24.0 Å². The molecule has 0 bridgehead atoms. The van der Waals surface area contributed by atoms with Crippen LogP contribution in [0, 0.1) is 5.92 Å². The predicted octanol–water partition coefficient (Wildman–Crippen LogP) is 0.996. The number of rotatable bonds is 7. The SMILES string of the molecule is NC(=O)CC(C=O)[C@H](Nc1onc2c1CCc1ccccc1-2)C(=O)O. The average molecular weight is 343 g/mol. The fourth-order valence-corrected chi connectivity index (χ4v) is 3.07. The summed E-state index contributed by atoms with van der Waals surface area (Å²) >= 11 is 0. The van der Waals surface area contributed by atoms with Crippen LogP contribution in [0.5, 0.6) is 0 Å². The number of anilines is 1. The zero-order chi connectivity index (χ0) is 18.0. The summed E-state index contributed by atoms with van der Waals surface area (Å²) in [6, 6.07) is 6.44. The third kappa shape index (κ3) is 3.23. The van der Waals surface area contributed by atoms with Gasteiger partial charge in [-0.15, -0.1) is 0 Å². The molecule has 0 spiro atoms. The molecule has 0 saturated heterocycles. The molecule has 8 heteroatoms. The Morgan fingerprint density at radius 1 is 1.36 bits per heavy atom. The highest BCUT2D eigenvalue weighted by Gasteiger charge is 2.32. The van der Waals surface area contributed by atoms with Crippen molar-refractivity contribution in [3.8, 4) is 11.3 Å². The highest BCUT2D eigenvalue weighted by atomic mass is 16.5. The number of carboxylic acid groups (broad SMARTS) is 1. The lowest BCUT2D eigenvalue weighted by atomic mass is 9.90. The van der Waals surface area contributed by atoms with Gasteiger partial charge < -0.3 is 25.5 Å². The van der Waals surface area contributed by atoms with E-state index in [1.165, 1.54) is 0 Å². The monoisotopic (exact) mass is 343 g/mol. The van der Waals surface area contributed by atoms with Gasteiger partial charge >= 0.3 is 5.97 Å². The highest BCUT2D eigenvalue weighted by Crippen LogP contribution is 2.37. The molecule has 130 valence electrons. The second-order valence-electron chi connectivity index (χ2n) is 5.93. The van der Waals surface area contributed by atoms with Crippen molar-refractivity contribution in [1.29, 1.82) is 0 Å². The molecule has 1 amide bonds. The second-order valence-corrected chi connectivity index (χ2v) is 5.93. The normalized spacial score (nSPS) is 14.7. The zero-order valence-corrected chi connectivity index (χ0v) is 13.3. The van der Waals surface area contributed by atoms with Crippen LogP contribution in [-0.2, 0) is 27.2 Å². The van der Waals surface area contributed by atoms with E-state index in [0.717, 1.165) is 23.1 Å². The molecule has 0 radical (unpaired) electrons. The maximum absolute atomic E-state index is 11.5. The summed E-state index contributed by atoms with van der Waals surface area (Å²) in [6.45, 7) is 0. The number of hydrogen-bond donors (Lipinski definition) is 3. The van der Waals surface area contributed by atoms with Crippen molar-refractivity contribution in [3.63, 3.8) is 0 Å².